The van der Waals surface area contributed by atoms with Crippen molar-refractivity contribution < 1.29 is 0 Å². The fourth-order valence-corrected chi connectivity index (χ4v) is 2.16. The van der Waals surface area contributed by atoms with E-state index in [0.717, 1.165) is 12.6 Å². The van der Waals surface area contributed by atoms with Gasteiger partial charge in [-0.2, -0.15) is 0 Å². The predicted molar refractivity (Wildman–Crippen MR) is 67.2 cm³/mol. The standard InChI is InChI=1S/C13H26N2/c1-4-9-15(10-7-12(2)3)13-6-5-8-14-11-13/h7,13-14H,4-6,8-11H2,1-3H3. The number of nitrogens with zero attached hydrogens (tertiary/aromatic N) is 1. The summed E-state index contributed by atoms with van der Waals surface area (Å²) < 4.78 is 0. The topological polar surface area (TPSA) is 15.3 Å². The molecule has 0 bridgehead atoms. The summed E-state index contributed by atoms with van der Waals surface area (Å²) in [7, 11) is 0. The number of nitrogens with one attached hydrogen (secondary N) is 1. The van der Waals surface area contributed by atoms with Crippen LogP contribution in [0.25, 0.3) is 0 Å². The molecule has 2 nitrogen and oxygen atoms in total. The second-order valence-corrected chi connectivity index (χ2v) is 4.78. The molecule has 0 aromatic rings. The van der Waals surface area contributed by atoms with Crippen LogP contribution >= 0.6 is 0 Å². The summed E-state index contributed by atoms with van der Waals surface area (Å²) in [4.78, 5) is 2.62. The molecule has 1 heterocycles. The summed E-state index contributed by atoms with van der Waals surface area (Å²) in [5, 5.41) is 3.50. The SMILES string of the molecule is CCCN(CC=C(C)C)C1CCCNC1. The molecule has 1 atom stereocenters. The van der Waals surface area contributed by atoms with Crippen molar-refractivity contribution in [3.05, 3.63) is 11.6 Å². The summed E-state index contributed by atoms with van der Waals surface area (Å²) >= 11 is 0. The van der Waals surface area contributed by atoms with E-state index in [9.17, 15) is 0 Å². The zero-order valence-corrected chi connectivity index (χ0v) is 10.6. The molecule has 88 valence electrons. The minimum atomic E-state index is 0.759. The molecule has 1 rings (SSSR count). The largest absolute Gasteiger partial charge is 0.315 e. The highest BCUT2D eigenvalue weighted by Gasteiger charge is 2.18. The third kappa shape index (κ3) is 4.80. The van der Waals surface area contributed by atoms with Crippen molar-refractivity contribution in [1.29, 1.82) is 0 Å². The molecule has 2 heteroatoms. The van der Waals surface area contributed by atoms with Crippen molar-refractivity contribution in [2.75, 3.05) is 26.2 Å². The number of allylic oxidation sites excluding steroid dienone is 1. The van der Waals surface area contributed by atoms with E-state index in [1.807, 2.05) is 0 Å². The van der Waals surface area contributed by atoms with Gasteiger partial charge in [0.1, 0.15) is 0 Å². The normalized spacial score (nSPS) is 21.7. The fraction of sp³-hybridized carbons (Fsp3) is 0.846. The van der Waals surface area contributed by atoms with Gasteiger partial charge in [-0.05, 0) is 46.2 Å². The zero-order chi connectivity index (χ0) is 11.1. The molecule has 1 saturated heterocycles. The summed E-state index contributed by atoms with van der Waals surface area (Å²) in [6.07, 6.45) is 6.31. The Labute approximate surface area is 94.7 Å². The molecular weight excluding hydrogens is 184 g/mol. The predicted octanol–water partition coefficient (Wildman–Crippen LogP) is 2.42. The van der Waals surface area contributed by atoms with Gasteiger partial charge in [-0.3, -0.25) is 4.90 Å². The van der Waals surface area contributed by atoms with Gasteiger partial charge in [0.05, 0.1) is 0 Å². The lowest BCUT2D eigenvalue weighted by atomic mass is 10.1. The van der Waals surface area contributed by atoms with E-state index >= 15 is 0 Å². The number of rotatable bonds is 5. The van der Waals surface area contributed by atoms with Gasteiger partial charge in [0.25, 0.3) is 0 Å². The molecule has 0 amide bonds. The van der Waals surface area contributed by atoms with Crippen molar-refractivity contribution >= 4 is 0 Å². The van der Waals surface area contributed by atoms with E-state index in [-0.39, 0.29) is 0 Å². The summed E-state index contributed by atoms with van der Waals surface area (Å²) in [6.45, 7) is 11.4. The van der Waals surface area contributed by atoms with E-state index in [0.29, 0.717) is 0 Å². The maximum Gasteiger partial charge on any atom is 0.0224 e. The molecule has 1 N–H and O–H groups in total. The molecule has 1 aliphatic heterocycles. The maximum absolute atomic E-state index is 3.50. The Kier molecular flexibility index (Phi) is 5.96. The van der Waals surface area contributed by atoms with Gasteiger partial charge in [-0.1, -0.05) is 18.6 Å². The van der Waals surface area contributed by atoms with Crippen molar-refractivity contribution in [1.82, 2.24) is 10.2 Å². The van der Waals surface area contributed by atoms with Crippen molar-refractivity contribution in [3.63, 3.8) is 0 Å². The quantitative estimate of drug-likeness (QED) is 0.701. The van der Waals surface area contributed by atoms with Crippen molar-refractivity contribution in [3.8, 4) is 0 Å². The second-order valence-electron chi connectivity index (χ2n) is 4.78. The Morgan fingerprint density at radius 3 is 2.80 bits per heavy atom. The lowest BCUT2D eigenvalue weighted by Gasteiger charge is -2.33. The molecule has 0 aliphatic carbocycles. The van der Waals surface area contributed by atoms with E-state index in [1.54, 1.807) is 0 Å². The Hall–Kier alpha value is -0.340. The molecule has 0 aromatic heterocycles. The molecule has 1 fully saturated rings. The first kappa shape index (κ1) is 12.7. The third-order valence-electron chi connectivity index (χ3n) is 3.03. The Morgan fingerprint density at radius 1 is 1.47 bits per heavy atom. The Balaban J connectivity index is 2.43. The smallest absolute Gasteiger partial charge is 0.0224 e. The van der Waals surface area contributed by atoms with Gasteiger partial charge in [-0.25, -0.2) is 0 Å². The molecule has 0 spiro atoms. The number of hydrogen-bond acceptors (Lipinski definition) is 2. The number of hydrogen-bond donors (Lipinski definition) is 1. The summed E-state index contributed by atoms with van der Waals surface area (Å²) in [5.74, 6) is 0. The van der Waals surface area contributed by atoms with Gasteiger partial charge in [0.15, 0.2) is 0 Å². The molecule has 15 heavy (non-hydrogen) atoms. The van der Waals surface area contributed by atoms with Crippen molar-refractivity contribution in [2.45, 2.75) is 46.1 Å². The molecule has 1 aliphatic rings. The van der Waals surface area contributed by atoms with Gasteiger partial charge < -0.3 is 5.32 Å². The first-order valence-corrected chi connectivity index (χ1v) is 6.32. The van der Waals surface area contributed by atoms with Gasteiger partial charge in [-0.15, -0.1) is 0 Å². The summed E-state index contributed by atoms with van der Waals surface area (Å²) in [6, 6.07) is 0.759. The highest BCUT2D eigenvalue weighted by molar-refractivity contribution is 4.96. The monoisotopic (exact) mass is 210 g/mol. The Morgan fingerprint density at radius 2 is 2.27 bits per heavy atom. The van der Waals surface area contributed by atoms with Crippen LogP contribution in [0.4, 0.5) is 0 Å². The van der Waals surface area contributed by atoms with Gasteiger partial charge in [0, 0.05) is 19.1 Å². The van der Waals surface area contributed by atoms with Gasteiger partial charge >= 0.3 is 0 Å². The third-order valence-corrected chi connectivity index (χ3v) is 3.03. The highest BCUT2D eigenvalue weighted by Crippen LogP contribution is 2.11. The Bertz CT molecular complexity index is 189. The van der Waals surface area contributed by atoms with Crippen LogP contribution < -0.4 is 5.32 Å². The lowest BCUT2D eigenvalue weighted by Crippen LogP contribution is -2.46. The zero-order valence-electron chi connectivity index (χ0n) is 10.6. The van der Waals surface area contributed by atoms with Crippen LogP contribution in [-0.2, 0) is 0 Å². The van der Waals surface area contributed by atoms with E-state index < -0.39 is 0 Å². The van der Waals surface area contributed by atoms with Crippen LogP contribution in [0.1, 0.15) is 40.0 Å². The first-order valence-electron chi connectivity index (χ1n) is 6.32. The molecular formula is C13H26N2. The summed E-state index contributed by atoms with van der Waals surface area (Å²) in [5.41, 5.74) is 1.43. The first-order chi connectivity index (χ1) is 7.24. The maximum atomic E-state index is 3.50. The van der Waals surface area contributed by atoms with E-state index in [1.165, 1.54) is 44.5 Å². The van der Waals surface area contributed by atoms with Crippen LogP contribution in [0, 0.1) is 0 Å². The van der Waals surface area contributed by atoms with Crippen LogP contribution in [-0.4, -0.2) is 37.1 Å². The molecule has 0 aromatic carbocycles. The van der Waals surface area contributed by atoms with Crippen LogP contribution in [0.5, 0.6) is 0 Å². The van der Waals surface area contributed by atoms with Crippen LogP contribution in [0.15, 0.2) is 11.6 Å². The minimum Gasteiger partial charge on any atom is -0.315 e. The van der Waals surface area contributed by atoms with Crippen LogP contribution in [0.2, 0.25) is 0 Å². The molecule has 0 radical (unpaired) electrons. The van der Waals surface area contributed by atoms with Crippen LogP contribution in [0.3, 0.4) is 0 Å². The second kappa shape index (κ2) is 7.02. The average Bonchev–Trinajstić information content (AvgIpc) is 2.25. The lowest BCUT2D eigenvalue weighted by molar-refractivity contribution is 0.183. The molecule has 0 saturated carbocycles. The number of piperidine rings is 1. The van der Waals surface area contributed by atoms with E-state index in [2.05, 4.69) is 37.1 Å². The molecule has 1 unspecified atom stereocenters. The van der Waals surface area contributed by atoms with E-state index in [4.69, 9.17) is 0 Å². The average molecular weight is 210 g/mol. The minimum absolute atomic E-state index is 0.759. The fourth-order valence-electron chi connectivity index (χ4n) is 2.16. The highest BCUT2D eigenvalue weighted by atomic mass is 15.2. The van der Waals surface area contributed by atoms with Crippen molar-refractivity contribution in [2.24, 2.45) is 0 Å². The van der Waals surface area contributed by atoms with Gasteiger partial charge in [0.2, 0.25) is 0 Å².